The third kappa shape index (κ3) is 3.36. The van der Waals surface area contributed by atoms with E-state index in [1.165, 1.54) is 6.07 Å². The van der Waals surface area contributed by atoms with E-state index in [1.807, 2.05) is 0 Å². The molecule has 6 heteroatoms. The minimum absolute atomic E-state index is 0.194. The first kappa shape index (κ1) is 15.8. The first-order valence-corrected chi connectivity index (χ1v) is 6.83. The van der Waals surface area contributed by atoms with E-state index in [0.717, 1.165) is 4.90 Å². The molecule has 2 rings (SSSR count). The van der Waals surface area contributed by atoms with Gasteiger partial charge in [0.2, 0.25) is 5.91 Å². The summed E-state index contributed by atoms with van der Waals surface area (Å²) in [4.78, 5) is 13.2. The van der Waals surface area contributed by atoms with Crippen LogP contribution in [-0.4, -0.2) is 29.6 Å². The lowest BCUT2D eigenvalue weighted by atomic mass is 9.86. The maximum atomic E-state index is 14.1. The number of carbonyl (C=O) groups excluding carboxylic acids is 1. The largest absolute Gasteiger partial charge is 0.406 e. The highest BCUT2D eigenvalue weighted by molar-refractivity contribution is 5.85. The number of aryl methyl sites for hydroxylation is 1. The van der Waals surface area contributed by atoms with E-state index in [2.05, 4.69) is 0 Å². The second-order valence-electron chi connectivity index (χ2n) is 5.54. The van der Waals surface area contributed by atoms with Crippen molar-refractivity contribution in [2.45, 2.75) is 44.8 Å². The van der Waals surface area contributed by atoms with Crippen LogP contribution in [0.25, 0.3) is 0 Å². The summed E-state index contributed by atoms with van der Waals surface area (Å²) in [7, 11) is 0. The third-order valence-corrected chi connectivity index (χ3v) is 3.93. The molecule has 0 aliphatic carbocycles. The van der Waals surface area contributed by atoms with Crippen LogP contribution in [0.1, 0.15) is 36.8 Å². The summed E-state index contributed by atoms with van der Waals surface area (Å²) in [6.07, 6.45) is -3.65. The molecule has 1 aliphatic heterocycles. The van der Waals surface area contributed by atoms with E-state index >= 15 is 0 Å². The van der Waals surface area contributed by atoms with Gasteiger partial charge in [0.25, 0.3) is 0 Å². The molecule has 0 saturated carbocycles. The van der Waals surface area contributed by atoms with Crippen LogP contribution in [0.15, 0.2) is 18.2 Å². The number of likely N-dealkylation sites (tertiary alicyclic amines) is 1. The molecule has 2 unspecified atom stereocenters. The lowest BCUT2D eigenvalue weighted by Crippen LogP contribution is -2.49. The van der Waals surface area contributed by atoms with Crippen molar-refractivity contribution in [2.24, 2.45) is 0 Å². The number of hydrogen-bond donors (Lipinski definition) is 0. The Morgan fingerprint density at radius 2 is 1.95 bits per heavy atom. The van der Waals surface area contributed by atoms with Gasteiger partial charge in [-0.15, -0.1) is 0 Å². The minimum atomic E-state index is -4.45. The molecule has 1 amide bonds. The summed E-state index contributed by atoms with van der Waals surface area (Å²) in [6, 6.07) is 4.19. The molecule has 21 heavy (non-hydrogen) atoms. The Bertz CT molecular complexity index is 541. The molecule has 2 nitrogen and oxygen atoms in total. The fourth-order valence-electron chi connectivity index (χ4n) is 2.76. The van der Waals surface area contributed by atoms with Crippen molar-refractivity contribution in [2.75, 3.05) is 6.54 Å². The Hall–Kier alpha value is -1.59. The van der Waals surface area contributed by atoms with Gasteiger partial charge in [-0.3, -0.25) is 4.79 Å². The predicted molar refractivity (Wildman–Crippen MR) is 70.3 cm³/mol. The van der Waals surface area contributed by atoms with Gasteiger partial charge < -0.3 is 4.90 Å². The van der Waals surface area contributed by atoms with Gasteiger partial charge in [0, 0.05) is 11.6 Å². The standard InChI is InChI=1S/C15H17F4NO/c1-9-4-3-5-11(13(9)16)12-7-6-10(2)20(14(12)21)8-15(17,18)19/h3-5,10,12H,6-8H2,1-2H3. The number of halogens is 4. The summed E-state index contributed by atoms with van der Waals surface area (Å²) >= 11 is 0. The van der Waals surface area contributed by atoms with Gasteiger partial charge in [0.15, 0.2) is 0 Å². The normalized spacial score (nSPS) is 23.5. The van der Waals surface area contributed by atoms with E-state index < -0.39 is 36.4 Å². The number of alkyl halides is 3. The number of carbonyl (C=O) groups is 1. The maximum absolute atomic E-state index is 14.1. The Morgan fingerprint density at radius 1 is 1.29 bits per heavy atom. The van der Waals surface area contributed by atoms with Gasteiger partial charge in [-0.2, -0.15) is 13.2 Å². The second kappa shape index (κ2) is 5.66. The predicted octanol–water partition coefficient (Wildman–Crippen LogP) is 3.79. The summed E-state index contributed by atoms with van der Waals surface area (Å²) in [5, 5.41) is 0. The van der Waals surface area contributed by atoms with Gasteiger partial charge in [-0.1, -0.05) is 18.2 Å². The average molecular weight is 303 g/mol. The van der Waals surface area contributed by atoms with E-state index in [0.29, 0.717) is 18.4 Å². The van der Waals surface area contributed by atoms with Crippen LogP contribution in [0.3, 0.4) is 0 Å². The first-order valence-electron chi connectivity index (χ1n) is 6.83. The van der Waals surface area contributed by atoms with Crippen LogP contribution in [0.2, 0.25) is 0 Å². The lowest BCUT2D eigenvalue weighted by molar-refractivity contribution is -0.169. The molecular weight excluding hydrogens is 286 g/mol. The van der Waals surface area contributed by atoms with Crippen molar-refractivity contribution >= 4 is 5.91 Å². The van der Waals surface area contributed by atoms with Crippen LogP contribution < -0.4 is 0 Å². The van der Waals surface area contributed by atoms with Gasteiger partial charge in [-0.05, 0) is 32.3 Å². The molecule has 116 valence electrons. The SMILES string of the molecule is Cc1cccc(C2CCC(C)N(CC(F)(F)F)C2=O)c1F. The second-order valence-corrected chi connectivity index (χ2v) is 5.54. The maximum Gasteiger partial charge on any atom is 0.406 e. The van der Waals surface area contributed by atoms with E-state index in [-0.39, 0.29) is 5.56 Å². The Balaban J connectivity index is 2.30. The molecular formula is C15H17F4NO. The van der Waals surface area contributed by atoms with E-state index in [4.69, 9.17) is 0 Å². The van der Waals surface area contributed by atoms with Gasteiger partial charge in [-0.25, -0.2) is 4.39 Å². The van der Waals surface area contributed by atoms with Crippen LogP contribution >= 0.6 is 0 Å². The molecule has 1 aliphatic rings. The van der Waals surface area contributed by atoms with Gasteiger partial charge in [0.1, 0.15) is 12.4 Å². The fraction of sp³-hybridized carbons (Fsp3) is 0.533. The number of benzene rings is 1. The van der Waals surface area contributed by atoms with Crippen LogP contribution in [0.4, 0.5) is 17.6 Å². The summed E-state index contributed by atoms with van der Waals surface area (Å²) < 4.78 is 51.9. The molecule has 0 aromatic heterocycles. The van der Waals surface area contributed by atoms with Crippen molar-refractivity contribution in [3.8, 4) is 0 Å². The monoisotopic (exact) mass is 303 g/mol. The van der Waals surface area contributed by atoms with Gasteiger partial charge in [0.05, 0.1) is 5.92 Å². The zero-order valence-corrected chi connectivity index (χ0v) is 11.9. The minimum Gasteiger partial charge on any atom is -0.330 e. The number of hydrogen-bond acceptors (Lipinski definition) is 1. The smallest absolute Gasteiger partial charge is 0.330 e. The summed E-state index contributed by atoms with van der Waals surface area (Å²) in [5.41, 5.74) is 0.584. The molecule has 0 N–H and O–H groups in total. The quantitative estimate of drug-likeness (QED) is 0.761. The van der Waals surface area contributed by atoms with Gasteiger partial charge >= 0.3 is 6.18 Å². The highest BCUT2D eigenvalue weighted by atomic mass is 19.4. The Morgan fingerprint density at radius 3 is 2.57 bits per heavy atom. The first-order chi connectivity index (χ1) is 9.70. The topological polar surface area (TPSA) is 20.3 Å². The number of amides is 1. The van der Waals surface area contributed by atoms with E-state index in [9.17, 15) is 22.4 Å². The van der Waals surface area contributed by atoms with Crippen molar-refractivity contribution in [3.63, 3.8) is 0 Å². The fourth-order valence-corrected chi connectivity index (χ4v) is 2.76. The zero-order chi connectivity index (χ0) is 15.8. The molecule has 0 bridgehead atoms. The van der Waals surface area contributed by atoms with Crippen LogP contribution in [0, 0.1) is 12.7 Å². The molecule has 2 atom stereocenters. The molecule has 1 heterocycles. The van der Waals surface area contributed by atoms with Crippen LogP contribution in [-0.2, 0) is 4.79 Å². The molecule has 1 saturated heterocycles. The highest BCUT2D eigenvalue weighted by Crippen LogP contribution is 2.34. The van der Waals surface area contributed by atoms with Crippen molar-refractivity contribution in [3.05, 3.63) is 35.1 Å². The number of piperidine rings is 1. The molecule has 0 spiro atoms. The molecule has 1 aromatic rings. The third-order valence-electron chi connectivity index (χ3n) is 3.93. The number of nitrogens with zero attached hydrogens (tertiary/aromatic N) is 1. The molecule has 1 aromatic carbocycles. The number of rotatable bonds is 2. The van der Waals surface area contributed by atoms with Crippen molar-refractivity contribution in [1.82, 2.24) is 4.90 Å². The van der Waals surface area contributed by atoms with Crippen molar-refractivity contribution < 1.29 is 22.4 Å². The van der Waals surface area contributed by atoms with Crippen molar-refractivity contribution in [1.29, 1.82) is 0 Å². The van der Waals surface area contributed by atoms with E-state index in [1.54, 1.807) is 26.0 Å². The Labute approximate surface area is 120 Å². The summed E-state index contributed by atoms with van der Waals surface area (Å²) in [6.45, 7) is 1.88. The molecule has 1 fully saturated rings. The molecule has 0 radical (unpaired) electrons. The Kier molecular flexibility index (Phi) is 4.25. The van der Waals surface area contributed by atoms with Crippen LogP contribution in [0.5, 0.6) is 0 Å². The highest BCUT2D eigenvalue weighted by Gasteiger charge is 2.41. The summed E-state index contributed by atoms with van der Waals surface area (Å²) in [5.74, 6) is -1.98. The lowest BCUT2D eigenvalue weighted by Gasteiger charge is -2.38. The average Bonchev–Trinajstić information content (AvgIpc) is 2.38. The zero-order valence-electron chi connectivity index (χ0n) is 11.9.